The lowest BCUT2D eigenvalue weighted by Gasteiger charge is -2.35. The summed E-state index contributed by atoms with van der Waals surface area (Å²) in [4.78, 5) is 22.9. The van der Waals surface area contributed by atoms with Gasteiger partial charge in [0.25, 0.3) is 0 Å². The Morgan fingerprint density at radius 1 is 1.26 bits per heavy atom. The van der Waals surface area contributed by atoms with Crippen LogP contribution in [0.1, 0.15) is 43.8 Å². The summed E-state index contributed by atoms with van der Waals surface area (Å²) < 4.78 is 0. The number of likely N-dealkylation sites (tertiary alicyclic amines) is 1. The van der Waals surface area contributed by atoms with Crippen molar-refractivity contribution in [3.8, 4) is 0 Å². The van der Waals surface area contributed by atoms with Gasteiger partial charge in [0, 0.05) is 24.7 Å². The minimum atomic E-state index is 0.00708. The Kier molecular flexibility index (Phi) is 2.47. The third-order valence-electron chi connectivity index (χ3n) is 4.63. The normalized spacial score (nSPS) is 28.7. The summed E-state index contributed by atoms with van der Waals surface area (Å²) in [5.41, 5.74) is 0. The zero-order valence-electron chi connectivity index (χ0n) is 10.9. The molecule has 5 nitrogen and oxygen atoms in total. The molecular weight excluding hydrogens is 240 g/mol. The summed E-state index contributed by atoms with van der Waals surface area (Å²) in [7, 11) is 0. The number of nitrogens with one attached hydrogen (secondary N) is 1. The van der Waals surface area contributed by atoms with Gasteiger partial charge in [-0.2, -0.15) is 0 Å². The van der Waals surface area contributed by atoms with Crippen LogP contribution in [-0.2, 0) is 0 Å². The Hall–Kier alpha value is -1.65. The van der Waals surface area contributed by atoms with Crippen molar-refractivity contribution in [3.05, 3.63) is 18.1 Å². The van der Waals surface area contributed by atoms with Crippen molar-refractivity contribution in [2.24, 2.45) is 5.92 Å². The molecule has 2 amide bonds. The maximum atomic E-state index is 12.3. The van der Waals surface area contributed by atoms with Crippen molar-refractivity contribution in [2.45, 2.75) is 44.1 Å². The lowest BCUT2D eigenvalue weighted by Crippen LogP contribution is -2.44. The average Bonchev–Trinajstić information content (AvgIpc) is 3.17. The highest BCUT2D eigenvalue weighted by Crippen LogP contribution is 2.40. The largest absolute Gasteiger partial charge is 0.323 e. The molecule has 1 aliphatic heterocycles. The highest BCUT2D eigenvalue weighted by atomic mass is 16.2. The topological polar surface area (TPSA) is 58.1 Å². The maximum absolute atomic E-state index is 12.3. The number of aromatic nitrogens is 2. The Balaban J connectivity index is 1.45. The molecule has 3 aliphatic rings. The SMILES string of the molecule is O=C(Nc1ccnc(C2CC2)n1)N1CC[C@@H]2CC[C@@H]21. The van der Waals surface area contributed by atoms with E-state index in [1.54, 1.807) is 12.3 Å². The van der Waals surface area contributed by atoms with Gasteiger partial charge in [0.2, 0.25) is 0 Å². The van der Waals surface area contributed by atoms with Crippen LogP contribution in [0.4, 0.5) is 10.6 Å². The quantitative estimate of drug-likeness (QED) is 0.886. The van der Waals surface area contributed by atoms with Crippen molar-refractivity contribution < 1.29 is 4.79 Å². The minimum Gasteiger partial charge on any atom is -0.321 e. The molecule has 100 valence electrons. The molecule has 2 saturated carbocycles. The van der Waals surface area contributed by atoms with E-state index in [-0.39, 0.29) is 6.03 Å². The van der Waals surface area contributed by atoms with Gasteiger partial charge in [-0.15, -0.1) is 0 Å². The summed E-state index contributed by atoms with van der Waals surface area (Å²) in [5, 5.41) is 2.93. The molecule has 0 radical (unpaired) electrons. The van der Waals surface area contributed by atoms with Crippen LogP contribution in [0.2, 0.25) is 0 Å². The number of rotatable bonds is 2. The van der Waals surface area contributed by atoms with Crippen molar-refractivity contribution >= 4 is 11.8 Å². The van der Waals surface area contributed by atoms with E-state index >= 15 is 0 Å². The molecule has 0 aromatic carbocycles. The summed E-state index contributed by atoms with van der Waals surface area (Å²) in [6.07, 6.45) is 7.70. The van der Waals surface area contributed by atoms with Crippen molar-refractivity contribution in [1.29, 1.82) is 0 Å². The smallest absolute Gasteiger partial charge is 0.321 e. The third kappa shape index (κ3) is 1.97. The van der Waals surface area contributed by atoms with Gasteiger partial charge in [0.05, 0.1) is 0 Å². The minimum absolute atomic E-state index is 0.00708. The Morgan fingerprint density at radius 3 is 2.84 bits per heavy atom. The lowest BCUT2D eigenvalue weighted by molar-refractivity contribution is 0.157. The molecule has 4 rings (SSSR count). The molecule has 2 heterocycles. The number of fused-ring (bicyclic) bond motifs is 1. The zero-order valence-corrected chi connectivity index (χ0v) is 10.9. The third-order valence-corrected chi connectivity index (χ3v) is 4.63. The van der Waals surface area contributed by atoms with E-state index in [0.29, 0.717) is 17.8 Å². The second-order valence-corrected chi connectivity index (χ2v) is 5.89. The van der Waals surface area contributed by atoms with Crippen LogP contribution in [0.3, 0.4) is 0 Å². The fraction of sp³-hybridized carbons (Fsp3) is 0.643. The van der Waals surface area contributed by atoms with Gasteiger partial charge in [-0.05, 0) is 44.1 Å². The number of carbonyl (C=O) groups excluding carboxylic acids is 1. The van der Waals surface area contributed by atoms with Gasteiger partial charge in [-0.1, -0.05) is 0 Å². The van der Waals surface area contributed by atoms with Gasteiger partial charge < -0.3 is 4.90 Å². The highest BCUT2D eigenvalue weighted by molar-refractivity contribution is 5.88. The highest BCUT2D eigenvalue weighted by Gasteiger charge is 2.42. The fourth-order valence-corrected chi connectivity index (χ4v) is 3.18. The fourth-order valence-electron chi connectivity index (χ4n) is 3.18. The second-order valence-electron chi connectivity index (χ2n) is 5.89. The molecule has 0 spiro atoms. The van der Waals surface area contributed by atoms with Crippen LogP contribution >= 0.6 is 0 Å². The molecule has 1 aromatic heterocycles. The van der Waals surface area contributed by atoms with E-state index < -0.39 is 0 Å². The lowest BCUT2D eigenvalue weighted by atomic mass is 9.80. The summed E-state index contributed by atoms with van der Waals surface area (Å²) in [6.45, 7) is 0.891. The molecule has 0 bridgehead atoms. The number of hydrogen-bond acceptors (Lipinski definition) is 3. The maximum Gasteiger partial charge on any atom is 0.323 e. The van der Waals surface area contributed by atoms with Crippen LogP contribution in [-0.4, -0.2) is 33.5 Å². The first kappa shape index (κ1) is 11.2. The molecule has 1 saturated heterocycles. The zero-order chi connectivity index (χ0) is 12.8. The summed E-state index contributed by atoms with van der Waals surface area (Å²) in [6, 6.07) is 2.26. The molecule has 0 unspecified atom stereocenters. The van der Waals surface area contributed by atoms with E-state index in [1.165, 1.54) is 19.3 Å². The van der Waals surface area contributed by atoms with Gasteiger partial charge in [-0.25, -0.2) is 14.8 Å². The predicted octanol–water partition coefficient (Wildman–Crippen LogP) is 2.37. The summed E-state index contributed by atoms with van der Waals surface area (Å²) in [5.74, 6) is 2.78. The van der Waals surface area contributed by atoms with Gasteiger partial charge >= 0.3 is 6.03 Å². The van der Waals surface area contributed by atoms with Crippen LogP contribution in [0, 0.1) is 5.92 Å². The standard InChI is InChI=1S/C14H18N4O/c19-14(18-8-6-9-3-4-11(9)18)17-12-5-7-15-13(16-12)10-1-2-10/h5,7,9-11H,1-4,6,8H2,(H,15,16,17,19)/t9-,11-/m0/s1. The number of anilines is 1. The van der Waals surface area contributed by atoms with Gasteiger partial charge in [0.1, 0.15) is 11.6 Å². The van der Waals surface area contributed by atoms with E-state index in [0.717, 1.165) is 31.1 Å². The van der Waals surface area contributed by atoms with Gasteiger partial charge in [0.15, 0.2) is 0 Å². The van der Waals surface area contributed by atoms with E-state index in [4.69, 9.17) is 0 Å². The van der Waals surface area contributed by atoms with Crippen LogP contribution < -0.4 is 5.32 Å². The molecule has 1 N–H and O–H groups in total. The van der Waals surface area contributed by atoms with Crippen molar-refractivity contribution in [1.82, 2.24) is 14.9 Å². The molecule has 2 atom stereocenters. The molecule has 2 aliphatic carbocycles. The number of urea groups is 1. The van der Waals surface area contributed by atoms with Crippen LogP contribution in [0.25, 0.3) is 0 Å². The summed E-state index contributed by atoms with van der Waals surface area (Å²) >= 11 is 0. The van der Waals surface area contributed by atoms with E-state index in [1.807, 2.05) is 4.90 Å². The first-order valence-corrected chi connectivity index (χ1v) is 7.22. The van der Waals surface area contributed by atoms with Crippen molar-refractivity contribution in [3.63, 3.8) is 0 Å². The van der Waals surface area contributed by atoms with Crippen LogP contribution in [0.5, 0.6) is 0 Å². The van der Waals surface area contributed by atoms with Gasteiger partial charge in [-0.3, -0.25) is 5.32 Å². The predicted molar refractivity (Wildman–Crippen MR) is 70.9 cm³/mol. The number of hydrogen-bond donors (Lipinski definition) is 1. The average molecular weight is 258 g/mol. The van der Waals surface area contributed by atoms with E-state index in [9.17, 15) is 4.79 Å². The Morgan fingerprint density at radius 2 is 2.16 bits per heavy atom. The number of carbonyl (C=O) groups is 1. The molecule has 1 aromatic rings. The first-order valence-electron chi connectivity index (χ1n) is 7.22. The Labute approximate surface area is 112 Å². The second kappa shape index (κ2) is 4.18. The number of nitrogens with zero attached hydrogens (tertiary/aromatic N) is 3. The van der Waals surface area contributed by atoms with Crippen molar-refractivity contribution in [2.75, 3.05) is 11.9 Å². The molecule has 5 heteroatoms. The number of amides is 2. The molecule has 3 fully saturated rings. The van der Waals surface area contributed by atoms with Crippen LogP contribution in [0.15, 0.2) is 12.3 Å². The molecule has 19 heavy (non-hydrogen) atoms. The van der Waals surface area contributed by atoms with E-state index in [2.05, 4.69) is 15.3 Å². The Bertz CT molecular complexity index is 514. The molecular formula is C14H18N4O. The monoisotopic (exact) mass is 258 g/mol. The first-order chi connectivity index (χ1) is 9.31.